The van der Waals surface area contributed by atoms with Gasteiger partial charge in [-0.2, -0.15) is 0 Å². The van der Waals surface area contributed by atoms with Crippen LogP contribution in [0.1, 0.15) is 116 Å². The Kier molecular flexibility index (Phi) is 37.8. The van der Waals surface area contributed by atoms with Crippen LogP contribution in [-0.2, 0) is 93.4 Å². The van der Waals surface area contributed by atoms with E-state index in [1.54, 1.807) is 9.58 Å². The second-order valence-electron chi connectivity index (χ2n) is 35.6. The van der Waals surface area contributed by atoms with Crippen LogP contribution in [-0.4, -0.2) is 361 Å². The maximum absolute atomic E-state index is 14.8. The number of amides is 9. The molecule has 9 amide bonds. The van der Waals surface area contributed by atoms with Crippen LogP contribution in [0.15, 0.2) is 133 Å². The number of carboxylic acids is 2. The molecule has 4 fully saturated rings. The molecular weight excluding hydrogens is 1950 g/mol. The minimum atomic E-state index is -2.09. The van der Waals surface area contributed by atoms with Crippen molar-refractivity contribution in [3.63, 3.8) is 0 Å². The summed E-state index contributed by atoms with van der Waals surface area (Å²) in [7, 11) is 5.87. The van der Waals surface area contributed by atoms with E-state index in [9.17, 15) is 104 Å². The lowest BCUT2D eigenvalue weighted by atomic mass is 9.95. The third kappa shape index (κ3) is 26.0. The summed E-state index contributed by atoms with van der Waals surface area (Å²) in [6, 6.07) is 26.3. The number of hydrogen-bond acceptors (Lipinski definition) is 36. The molecule has 7 aliphatic rings. The zero-order chi connectivity index (χ0) is 106. The minimum Gasteiger partial charge on any atom is -0.493 e. The van der Waals surface area contributed by atoms with E-state index in [1.165, 1.54) is 91.8 Å². The van der Waals surface area contributed by atoms with E-state index in [0.29, 0.717) is 37.0 Å². The van der Waals surface area contributed by atoms with Crippen LogP contribution in [0.3, 0.4) is 0 Å². The topological polar surface area (TPSA) is 624 Å². The first-order valence-electron chi connectivity index (χ1n) is 47.9. The highest BCUT2D eigenvalue weighted by molar-refractivity contribution is 6.08. The molecule has 8 heterocycles. The molecule has 4 saturated heterocycles. The molecule has 14 atom stereocenters. The summed E-state index contributed by atoms with van der Waals surface area (Å²) in [6.45, 7) is 8.95. The summed E-state index contributed by atoms with van der Waals surface area (Å²) in [6.07, 6.45) is -24.7. The number of rotatable bonds is 47. The predicted octanol–water partition coefficient (Wildman–Crippen LogP) is 2.34. The van der Waals surface area contributed by atoms with Gasteiger partial charge in [0.15, 0.2) is 47.7 Å². The number of carbonyl (C=O) groups is 11. The number of carbonyl (C=O) groups excluding carboxylic acids is 9. The van der Waals surface area contributed by atoms with Crippen LogP contribution in [0.25, 0.3) is 22.5 Å². The lowest BCUT2D eigenvalue weighted by Crippen LogP contribution is -2.61. The lowest BCUT2D eigenvalue weighted by molar-refractivity contribution is -0.271. The molecule has 0 spiro atoms. The molecule has 0 saturated carbocycles. The number of fused-ring (bicyclic) bond motifs is 9. The highest BCUT2D eigenvalue weighted by Gasteiger charge is 2.53. The number of unbranched alkanes of at least 4 members (excludes halogenated alkanes) is 2. The monoisotopic (exact) mass is 2060 g/mol. The molecule has 14 N–H and O–H groups in total. The van der Waals surface area contributed by atoms with Gasteiger partial charge in [0.25, 0.3) is 23.6 Å². The number of aliphatic hydroxyl groups is 8. The third-order valence-corrected chi connectivity index (χ3v) is 25.4. The smallest absolute Gasteiger partial charge is 0.416 e. The largest absolute Gasteiger partial charge is 0.493 e. The molecule has 0 aliphatic carbocycles. The summed E-state index contributed by atoms with van der Waals surface area (Å²) >= 11 is 0. The van der Waals surface area contributed by atoms with Crippen LogP contribution in [0.4, 0.5) is 26.7 Å². The zero-order valence-corrected chi connectivity index (χ0v) is 81.6. The molecular formula is C100H120N12O36. The van der Waals surface area contributed by atoms with E-state index >= 15 is 0 Å². The normalized spacial score (nSPS) is 21.7. The molecule has 6 aromatic carbocycles. The van der Waals surface area contributed by atoms with Crippen molar-refractivity contribution in [1.29, 1.82) is 0 Å². The Morgan fingerprint density at radius 1 is 0.446 bits per heavy atom. The van der Waals surface area contributed by atoms with Gasteiger partial charge in [-0.05, 0) is 97.7 Å². The molecule has 7 aliphatic heterocycles. The number of hydrogen-bond donors (Lipinski definition) is 14. The average molecular weight is 2070 g/mol. The van der Waals surface area contributed by atoms with Crippen LogP contribution >= 0.6 is 0 Å². The van der Waals surface area contributed by atoms with Gasteiger partial charge in [-0.3, -0.25) is 33.6 Å². The van der Waals surface area contributed by atoms with Crippen molar-refractivity contribution >= 4 is 82.5 Å². The van der Waals surface area contributed by atoms with Crippen molar-refractivity contribution in [3.8, 4) is 57.0 Å². The third-order valence-electron chi connectivity index (χ3n) is 25.4. The number of aryl methyl sites for hydroxylation is 1. The van der Waals surface area contributed by atoms with Gasteiger partial charge in [0.1, 0.15) is 67.0 Å². The lowest BCUT2D eigenvalue weighted by Gasteiger charge is -2.38. The SMILES string of the molecule is C=C1C[C@H]2C(O)N(C(=O)OCc3ccc(O[C@@H]4O[C@H](C(=O)O)[C@@H](O)[C@H](O)[C@H]4O)c(C(=O)NCCCNC(=O)CCOCCOCCOCCOCCC(=O)NCCC(=O)N4Cc5ccccc5-c5nnn(C)c5-c5ccccc54)c3)c3cc(OCCCCCOc4cc5c(cc4OC)C(=O)N4CC(=C)C[C@H]4C(O)N5C(=O)OCc4ccc(O[C@@H]5O[C@H](C(=O)O)[C@@H](O)[C@H](O)[C@H]5O)c(C(=O)NCCOC)c4)c(OC)cc3C(=O)N2C1. The van der Waals surface area contributed by atoms with E-state index < -0.39 is 147 Å². The van der Waals surface area contributed by atoms with Gasteiger partial charge >= 0.3 is 24.1 Å². The van der Waals surface area contributed by atoms with E-state index in [-0.39, 0.29) is 247 Å². The Morgan fingerprint density at radius 3 is 1.38 bits per heavy atom. The first-order valence-corrected chi connectivity index (χ1v) is 47.9. The fraction of sp³-hybridized carbons (Fsp3) is 0.470. The fourth-order valence-electron chi connectivity index (χ4n) is 17.8. The Bertz CT molecular complexity index is 5990. The number of carboxylic acid groups (broad SMARTS) is 2. The van der Waals surface area contributed by atoms with Crippen molar-refractivity contribution in [1.82, 2.24) is 46.1 Å². The summed E-state index contributed by atoms with van der Waals surface area (Å²) < 4.78 is 87.2. The maximum atomic E-state index is 14.8. The molecule has 0 radical (unpaired) electrons. The molecule has 796 valence electrons. The number of aliphatic hydroxyl groups excluding tert-OH is 8. The standard InChI is InChI=1S/C100H120N12O36/c1-54-41-68-93(126)111(66-47-74(72(135-5)45-61(66)91(124)109(68)49-54)141-30-12-7-13-31-142-75-48-67-62(46-73(75)136-6)92(125)110-50-55(2)42-69(110)94(127)112(67)100(133)144-53-57-20-22-71(64(44-57)90(123)104-29-34-134-4)146-98-86(121)82(117)84(119)88(148-98)96(130)131)99(132)143-52-56-19-21-70(145-97-85(120)81(116)83(118)87(147-97)95(128)129)63(43-56)89(122)103-27-14-26-101-76(113)24-32-137-35-37-139-39-40-140-38-36-138-33-25-77(114)102-28-23-78(115)108-51-58-15-8-9-16-59(58)79-80(107(3)106-105-79)60-17-10-11-18-65(60)108/h8-11,15-22,43-48,68-69,81-88,93-94,97-98,116-121,126-127H,1-2,7,12-14,23-42,49-53H2,3-6H3,(H,101,113)(H,102,114)(H,103,122)(H,104,123)(H,128,129)(H,130,131)/t68-,69-,81-,82-,83-,84-,85+,86+,87-,88-,93?,94?,97+,98+/m0/s1. The number of benzene rings is 6. The van der Waals surface area contributed by atoms with E-state index in [1.807, 2.05) is 55.6 Å². The van der Waals surface area contributed by atoms with Crippen LogP contribution in [0.5, 0.6) is 34.5 Å². The summed E-state index contributed by atoms with van der Waals surface area (Å²) in [5.41, 5.74) is 5.24. The second-order valence-corrected chi connectivity index (χ2v) is 35.6. The number of nitrogens with zero attached hydrogens (tertiary/aromatic N) is 8. The summed E-state index contributed by atoms with van der Waals surface area (Å²) in [5.74, 6) is -7.45. The zero-order valence-electron chi connectivity index (χ0n) is 81.6. The number of para-hydroxylation sites is 1. The summed E-state index contributed by atoms with van der Waals surface area (Å²) in [4.78, 5) is 156. The molecule has 0 bridgehead atoms. The molecule has 2 unspecified atom stereocenters. The Morgan fingerprint density at radius 2 is 0.899 bits per heavy atom. The number of ether oxygens (including phenoxy) is 15. The Hall–Kier alpha value is -14.1. The molecule has 48 heteroatoms. The van der Waals surface area contributed by atoms with Crippen LogP contribution in [0, 0.1) is 0 Å². The molecule has 14 rings (SSSR count). The predicted molar refractivity (Wildman–Crippen MR) is 515 cm³/mol. The van der Waals surface area contributed by atoms with Gasteiger partial charge in [-0.15, -0.1) is 5.10 Å². The minimum absolute atomic E-state index is 0.00355. The van der Waals surface area contributed by atoms with Gasteiger partial charge < -0.3 is 158 Å². The Balaban J connectivity index is 0.538. The number of nitrogens with one attached hydrogen (secondary N) is 4. The molecule has 48 nitrogen and oxygen atoms in total. The molecule has 148 heavy (non-hydrogen) atoms. The highest BCUT2D eigenvalue weighted by Crippen LogP contribution is 2.47. The van der Waals surface area contributed by atoms with Gasteiger partial charge in [0, 0.05) is 95.9 Å². The molecule has 1 aromatic heterocycles. The van der Waals surface area contributed by atoms with E-state index in [0.717, 1.165) is 43.6 Å². The van der Waals surface area contributed by atoms with Crippen LogP contribution < -0.4 is 64.4 Å². The average Bonchev–Trinajstić information content (AvgIpc) is 1.59. The number of methoxy groups -OCH3 is 3. The quantitative estimate of drug-likeness (QED) is 0.0192. The Labute approximate surface area is 847 Å². The van der Waals surface area contributed by atoms with Gasteiger partial charge in [0.2, 0.25) is 30.3 Å². The van der Waals surface area contributed by atoms with Crippen molar-refractivity contribution in [2.75, 3.05) is 148 Å². The van der Waals surface area contributed by atoms with Crippen molar-refractivity contribution in [3.05, 3.63) is 172 Å². The first-order chi connectivity index (χ1) is 71.3. The van der Waals surface area contributed by atoms with E-state index in [4.69, 9.17) is 71.1 Å². The highest BCUT2D eigenvalue weighted by atomic mass is 16.7. The first kappa shape index (κ1) is 110. The number of aromatic nitrogens is 3. The number of anilines is 3. The van der Waals surface area contributed by atoms with Gasteiger partial charge in [-0.1, -0.05) is 84.1 Å². The van der Waals surface area contributed by atoms with Crippen LogP contribution in [0.2, 0.25) is 0 Å². The van der Waals surface area contributed by atoms with Crippen molar-refractivity contribution in [2.45, 2.75) is 163 Å². The van der Waals surface area contributed by atoms with E-state index in [2.05, 4.69) is 44.7 Å². The second kappa shape index (κ2) is 51.0. The maximum Gasteiger partial charge on any atom is 0.416 e. The number of aliphatic carboxylic acids is 2. The summed E-state index contributed by atoms with van der Waals surface area (Å²) in [5, 5.41) is 127. The molecule has 7 aromatic rings. The van der Waals surface area contributed by atoms with Crippen molar-refractivity contribution in [2.24, 2.45) is 7.05 Å². The fourth-order valence-corrected chi connectivity index (χ4v) is 17.8. The van der Waals surface area contributed by atoms with Gasteiger partial charge in [0.05, 0.1) is 151 Å². The van der Waals surface area contributed by atoms with Crippen molar-refractivity contribution < 1.29 is 175 Å². The van der Waals surface area contributed by atoms with Gasteiger partial charge in [-0.25, -0.2) is 33.7 Å².